The van der Waals surface area contributed by atoms with E-state index < -0.39 is 0 Å². The summed E-state index contributed by atoms with van der Waals surface area (Å²) in [6.07, 6.45) is 8.03. The summed E-state index contributed by atoms with van der Waals surface area (Å²) in [5.41, 5.74) is 3.54. The topological polar surface area (TPSA) is 43.6 Å². The summed E-state index contributed by atoms with van der Waals surface area (Å²) in [7, 11) is 0. The molecular formula is C21H23NO3. The third kappa shape index (κ3) is 3.22. The number of fused-ring (bicyclic) bond motifs is 1. The lowest BCUT2D eigenvalue weighted by molar-refractivity contribution is 0.174. The van der Waals surface area contributed by atoms with Crippen molar-refractivity contribution in [3.63, 3.8) is 0 Å². The molecule has 4 nitrogen and oxygen atoms in total. The summed E-state index contributed by atoms with van der Waals surface area (Å²) in [5, 5.41) is 4.57. The Hall–Kier alpha value is -2.46. The maximum atomic E-state index is 5.50. The summed E-state index contributed by atoms with van der Waals surface area (Å²) in [6, 6.07) is 8.47. The second-order valence-electron chi connectivity index (χ2n) is 6.58. The predicted molar refractivity (Wildman–Crippen MR) is 97.7 cm³/mol. The van der Waals surface area contributed by atoms with Gasteiger partial charge in [-0.3, -0.25) is 0 Å². The van der Waals surface area contributed by atoms with Gasteiger partial charge in [0.05, 0.1) is 6.26 Å². The molecule has 0 saturated carbocycles. The van der Waals surface area contributed by atoms with E-state index in [0.29, 0.717) is 18.8 Å². The van der Waals surface area contributed by atoms with Crippen molar-refractivity contribution in [1.29, 1.82) is 0 Å². The molecule has 4 rings (SSSR count). The van der Waals surface area contributed by atoms with Crippen LogP contribution in [0.4, 0.5) is 0 Å². The van der Waals surface area contributed by atoms with Gasteiger partial charge >= 0.3 is 0 Å². The van der Waals surface area contributed by atoms with Crippen LogP contribution in [0.15, 0.2) is 46.6 Å². The lowest BCUT2D eigenvalue weighted by atomic mass is 9.91. The number of nitrogens with one attached hydrogen (secondary N) is 1. The molecule has 0 bridgehead atoms. The third-order valence-corrected chi connectivity index (χ3v) is 5.09. The van der Waals surface area contributed by atoms with E-state index >= 15 is 0 Å². The number of furan rings is 1. The van der Waals surface area contributed by atoms with Crippen LogP contribution in [0.1, 0.15) is 31.4 Å². The van der Waals surface area contributed by atoms with Gasteiger partial charge in [-0.25, -0.2) is 0 Å². The summed E-state index contributed by atoms with van der Waals surface area (Å²) >= 11 is 0. The predicted octanol–water partition coefficient (Wildman–Crippen LogP) is 2.89. The van der Waals surface area contributed by atoms with Crippen molar-refractivity contribution in [2.75, 3.05) is 13.3 Å². The largest absolute Gasteiger partial charge is 0.464 e. The zero-order valence-corrected chi connectivity index (χ0v) is 14.5. The molecule has 1 saturated heterocycles. The minimum absolute atomic E-state index is 0.319. The zero-order chi connectivity index (χ0) is 17.2. The van der Waals surface area contributed by atoms with Crippen LogP contribution >= 0.6 is 0 Å². The Kier molecular flexibility index (Phi) is 4.36. The quantitative estimate of drug-likeness (QED) is 0.932. The number of ether oxygens (including phenoxy) is 2. The van der Waals surface area contributed by atoms with E-state index in [1.165, 1.54) is 11.1 Å². The van der Waals surface area contributed by atoms with Gasteiger partial charge in [-0.1, -0.05) is 31.2 Å². The lowest BCUT2D eigenvalue weighted by Gasteiger charge is -2.13. The average molecular weight is 337 g/mol. The molecule has 0 spiro atoms. The number of hydrogen-bond donors (Lipinski definition) is 1. The van der Waals surface area contributed by atoms with Crippen LogP contribution in [0, 0.1) is 5.92 Å². The van der Waals surface area contributed by atoms with Crippen LogP contribution in [0.2, 0.25) is 0 Å². The van der Waals surface area contributed by atoms with E-state index in [0.717, 1.165) is 41.5 Å². The van der Waals surface area contributed by atoms with Crippen molar-refractivity contribution in [1.82, 2.24) is 5.32 Å². The van der Waals surface area contributed by atoms with Gasteiger partial charge in [0.25, 0.3) is 0 Å². The van der Waals surface area contributed by atoms with Crippen molar-refractivity contribution < 1.29 is 13.9 Å². The summed E-state index contributed by atoms with van der Waals surface area (Å²) in [4.78, 5) is 0. The van der Waals surface area contributed by atoms with Crippen LogP contribution in [-0.2, 0) is 0 Å². The second kappa shape index (κ2) is 6.81. The maximum absolute atomic E-state index is 5.50. The Balaban J connectivity index is 1.51. The first-order chi connectivity index (χ1) is 12.2. The summed E-state index contributed by atoms with van der Waals surface area (Å²) in [6.45, 7) is 7.49. The Morgan fingerprint density at radius 1 is 1.28 bits per heavy atom. The Bertz CT molecular complexity index is 896. The fraction of sp³-hybridized carbons (Fsp3) is 0.333. The van der Waals surface area contributed by atoms with Crippen molar-refractivity contribution in [2.45, 2.75) is 25.8 Å². The molecule has 130 valence electrons. The lowest BCUT2D eigenvalue weighted by Crippen LogP contribution is -2.16. The summed E-state index contributed by atoms with van der Waals surface area (Å²) in [5.74, 6) is 2.22. The fourth-order valence-electron chi connectivity index (χ4n) is 3.62. The molecule has 4 heteroatoms. The standard InChI is InChI=1S/C21H23NO3/c1-3-15(4-6-19-14(2)8-9-23-19)17-10-18(22-12-17)16-5-7-20-21(11-16)25-13-24-20/h4-9,11,17-18,22H,2-3,10,12-13H2,1H3/b15-4+,19-6+. The van der Waals surface area contributed by atoms with Crippen molar-refractivity contribution in [3.05, 3.63) is 58.4 Å². The normalized spacial score (nSPS) is 23.4. The number of rotatable bonds is 4. The van der Waals surface area contributed by atoms with Gasteiger partial charge in [0.2, 0.25) is 6.79 Å². The van der Waals surface area contributed by atoms with Crippen molar-refractivity contribution in [2.24, 2.45) is 5.92 Å². The van der Waals surface area contributed by atoms with Gasteiger partial charge in [-0.05, 0) is 48.6 Å². The molecule has 1 N–H and O–H groups in total. The highest BCUT2D eigenvalue weighted by Gasteiger charge is 2.28. The molecule has 0 radical (unpaired) electrons. The molecule has 2 aliphatic heterocycles. The maximum Gasteiger partial charge on any atom is 0.231 e. The molecule has 3 heterocycles. The first-order valence-corrected chi connectivity index (χ1v) is 8.80. The summed E-state index contributed by atoms with van der Waals surface area (Å²) < 4.78 is 16.4. The van der Waals surface area contributed by atoms with E-state index in [1.54, 1.807) is 6.26 Å². The molecule has 25 heavy (non-hydrogen) atoms. The number of allylic oxidation sites excluding steroid dienone is 1. The Labute approximate surface area is 147 Å². The molecule has 1 fully saturated rings. The van der Waals surface area contributed by atoms with Crippen molar-refractivity contribution in [3.8, 4) is 11.5 Å². The second-order valence-corrected chi connectivity index (χ2v) is 6.58. The van der Waals surface area contributed by atoms with Gasteiger partial charge in [0.15, 0.2) is 11.5 Å². The molecule has 2 unspecified atom stereocenters. The minimum atomic E-state index is 0.319. The SMILES string of the molecule is C=c1cco/c1=C/C=C(\CC)C1CNC(c2ccc3c(c2)OCO3)C1. The average Bonchev–Trinajstić information content (AvgIpc) is 3.35. The van der Waals surface area contributed by atoms with Crippen LogP contribution in [0.5, 0.6) is 11.5 Å². The van der Waals surface area contributed by atoms with Crippen LogP contribution in [0.25, 0.3) is 12.7 Å². The van der Waals surface area contributed by atoms with Crippen LogP contribution in [-0.4, -0.2) is 13.3 Å². The molecular weight excluding hydrogens is 314 g/mol. The molecule has 1 aromatic heterocycles. The first kappa shape index (κ1) is 16.0. The highest BCUT2D eigenvalue weighted by molar-refractivity contribution is 5.46. The first-order valence-electron chi connectivity index (χ1n) is 8.80. The van der Waals surface area contributed by atoms with Gasteiger partial charge < -0.3 is 19.2 Å². The molecule has 0 amide bonds. The van der Waals surface area contributed by atoms with Crippen LogP contribution in [0.3, 0.4) is 0 Å². The van der Waals surface area contributed by atoms with Crippen LogP contribution < -0.4 is 25.4 Å². The third-order valence-electron chi connectivity index (χ3n) is 5.09. The highest BCUT2D eigenvalue weighted by Crippen LogP contribution is 2.38. The highest BCUT2D eigenvalue weighted by atomic mass is 16.7. The fourth-order valence-corrected chi connectivity index (χ4v) is 3.62. The Morgan fingerprint density at radius 2 is 2.16 bits per heavy atom. The minimum Gasteiger partial charge on any atom is -0.464 e. The van der Waals surface area contributed by atoms with Gasteiger partial charge in [-0.15, -0.1) is 0 Å². The monoisotopic (exact) mass is 337 g/mol. The zero-order valence-electron chi connectivity index (χ0n) is 14.5. The van der Waals surface area contributed by atoms with Gasteiger partial charge in [0, 0.05) is 17.8 Å². The van der Waals surface area contributed by atoms with E-state index in [1.807, 2.05) is 18.2 Å². The van der Waals surface area contributed by atoms with Gasteiger partial charge in [0.1, 0.15) is 5.42 Å². The Morgan fingerprint density at radius 3 is 2.96 bits per heavy atom. The smallest absolute Gasteiger partial charge is 0.231 e. The molecule has 0 aliphatic carbocycles. The number of hydrogen-bond acceptors (Lipinski definition) is 4. The van der Waals surface area contributed by atoms with E-state index in [-0.39, 0.29) is 0 Å². The van der Waals surface area contributed by atoms with E-state index in [9.17, 15) is 0 Å². The van der Waals surface area contributed by atoms with Crippen molar-refractivity contribution >= 4 is 12.7 Å². The van der Waals surface area contributed by atoms with E-state index in [4.69, 9.17) is 13.9 Å². The molecule has 2 atom stereocenters. The molecule has 1 aromatic carbocycles. The van der Waals surface area contributed by atoms with Gasteiger partial charge in [-0.2, -0.15) is 0 Å². The molecule has 2 aromatic rings. The molecule has 2 aliphatic rings. The number of benzene rings is 1. The van der Waals surface area contributed by atoms with E-state index in [2.05, 4.69) is 37.0 Å².